The first-order chi connectivity index (χ1) is 11.1. The van der Waals surface area contributed by atoms with Gasteiger partial charge in [0, 0.05) is 17.4 Å². The number of anilines is 2. The van der Waals surface area contributed by atoms with Crippen molar-refractivity contribution in [2.24, 2.45) is 0 Å². The van der Waals surface area contributed by atoms with E-state index in [1.807, 2.05) is 30.3 Å². The van der Waals surface area contributed by atoms with Crippen LogP contribution in [0.1, 0.15) is 18.4 Å². The van der Waals surface area contributed by atoms with Crippen LogP contribution in [0.3, 0.4) is 0 Å². The molecule has 0 saturated carbocycles. The summed E-state index contributed by atoms with van der Waals surface area (Å²) in [5.74, 6) is 0. The SMILES string of the molecule is FC(F)(F)c1ccc(N(c2ccccc2)C2CCNCC2)cc1. The van der Waals surface area contributed by atoms with Crippen molar-refractivity contribution in [3.05, 3.63) is 60.2 Å². The smallest absolute Gasteiger partial charge is 0.338 e. The monoisotopic (exact) mass is 320 g/mol. The quantitative estimate of drug-likeness (QED) is 0.889. The summed E-state index contributed by atoms with van der Waals surface area (Å²) in [5.41, 5.74) is 1.20. The molecule has 0 atom stereocenters. The molecule has 1 N–H and O–H groups in total. The normalized spacial score (nSPS) is 16.3. The van der Waals surface area contributed by atoms with E-state index >= 15 is 0 Å². The van der Waals surface area contributed by atoms with Crippen molar-refractivity contribution >= 4 is 11.4 Å². The second-order valence-corrected chi connectivity index (χ2v) is 5.73. The van der Waals surface area contributed by atoms with E-state index < -0.39 is 11.7 Å². The molecule has 1 fully saturated rings. The third kappa shape index (κ3) is 3.67. The van der Waals surface area contributed by atoms with Crippen LogP contribution in [0.25, 0.3) is 0 Å². The molecule has 5 heteroatoms. The van der Waals surface area contributed by atoms with Gasteiger partial charge in [0.1, 0.15) is 0 Å². The lowest BCUT2D eigenvalue weighted by atomic mass is 10.0. The van der Waals surface area contributed by atoms with Crippen molar-refractivity contribution in [1.29, 1.82) is 0 Å². The van der Waals surface area contributed by atoms with Gasteiger partial charge in [-0.2, -0.15) is 13.2 Å². The number of benzene rings is 2. The van der Waals surface area contributed by atoms with Crippen molar-refractivity contribution < 1.29 is 13.2 Å². The Kier molecular flexibility index (Phi) is 4.57. The highest BCUT2D eigenvalue weighted by Gasteiger charge is 2.30. The van der Waals surface area contributed by atoms with Crippen LogP contribution >= 0.6 is 0 Å². The Morgan fingerprint density at radius 1 is 0.826 bits per heavy atom. The maximum atomic E-state index is 12.8. The van der Waals surface area contributed by atoms with E-state index in [2.05, 4.69) is 10.2 Å². The predicted molar refractivity (Wildman–Crippen MR) is 85.9 cm³/mol. The molecule has 3 rings (SSSR count). The summed E-state index contributed by atoms with van der Waals surface area (Å²) < 4.78 is 38.3. The number of hydrogen-bond acceptors (Lipinski definition) is 2. The molecule has 2 aromatic rings. The van der Waals surface area contributed by atoms with Gasteiger partial charge in [0.2, 0.25) is 0 Å². The lowest BCUT2D eigenvalue weighted by Crippen LogP contribution is -2.40. The molecule has 1 aliphatic rings. The molecule has 0 radical (unpaired) electrons. The molecule has 0 unspecified atom stereocenters. The van der Waals surface area contributed by atoms with E-state index in [1.54, 1.807) is 12.1 Å². The zero-order chi connectivity index (χ0) is 16.3. The third-order valence-electron chi connectivity index (χ3n) is 4.18. The van der Waals surface area contributed by atoms with Crippen LogP contribution in [0.15, 0.2) is 54.6 Å². The first-order valence-corrected chi connectivity index (χ1v) is 7.78. The highest BCUT2D eigenvalue weighted by Crippen LogP contribution is 2.34. The molecule has 23 heavy (non-hydrogen) atoms. The third-order valence-corrected chi connectivity index (χ3v) is 4.18. The summed E-state index contributed by atoms with van der Waals surface area (Å²) in [7, 11) is 0. The Morgan fingerprint density at radius 2 is 1.39 bits per heavy atom. The summed E-state index contributed by atoms with van der Waals surface area (Å²) in [4.78, 5) is 2.15. The molecule has 2 aromatic carbocycles. The van der Waals surface area contributed by atoms with Crippen LogP contribution in [0.2, 0.25) is 0 Å². The standard InChI is InChI=1S/C18H19F3N2/c19-18(20,21)14-6-8-16(9-7-14)23(15-4-2-1-3-5-15)17-10-12-22-13-11-17/h1-9,17,22H,10-13H2. The number of piperidine rings is 1. The highest BCUT2D eigenvalue weighted by molar-refractivity contribution is 5.64. The summed E-state index contributed by atoms with van der Waals surface area (Å²) in [5, 5.41) is 3.33. The van der Waals surface area contributed by atoms with Gasteiger partial charge in [-0.3, -0.25) is 0 Å². The lowest BCUT2D eigenvalue weighted by Gasteiger charge is -2.36. The van der Waals surface area contributed by atoms with Gasteiger partial charge in [-0.25, -0.2) is 0 Å². The molecule has 1 aliphatic heterocycles. The molecule has 0 spiro atoms. The van der Waals surface area contributed by atoms with E-state index in [9.17, 15) is 13.2 Å². The van der Waals surface area contributed by atoms with E-state index in [0.717, 1.165) is 49.4 Å². The van der Waals surface area contributed by atoms with Crippen LogP contribution in [-0.2, 0) is 6.18 Å². The Morgan fingerprint density at radius 3 is 1.96 bits per heavy atom. The first kappa shape index (κ1) is 15.9. The molecular weight excluding hydrogens is 301 g/mol. The zero-order valence-corrected chi connectivity index (χ0v) is 12.7. The number of alkyl halides is 3. The maximum absolute atomic E-state index is 12.8. The fourth-order valence-electron chi connectivity index (χ4n) is 3.04. The van der Waals surface area contributed by atoms with E-state index in [1.165, 1.54) is 0 Å². The van der Waals surface area contributed by atoms with Gasteiger partial charge < -0.3 is 10.2 Å². The number of halogens is 3. The molecule has 0 amide bonds. The van der Waals surface area contributed by atoms with Gasteiger partial charge >= 0.3 is 6.18 Å². The Hall–Kier alpha value is -2.01. The number of hydrogen-bond donors (Lipinski definition) is 1. The summed E-state index contributed by atoms with van der Waals surface area (Å²) >= 11 is 0. The minimum atomic E-state index is -4.30. The second kappa shape index (κ2) is 6.62. The van der Waals surface area contributed by atoms with Crippen LogP contribution < -0.4 is 10.2 Å². The molecule has 2 nitrogen and oxygen atoms in total. The molecule has 0 aromatic heterocycles. The lowest BCUT2D eigenvalue weighted by molar-refractivity contribution is -0.137. The van der Waals surface area contributed by atoms with Gasteiger partial charge in [-0.05, 0) is 62.3 Å². The minimum absolute atomic E-state index is 0.287. The van der Waals surface area contributed by atoms with Crippen molar-refractivity contribution in [3.8, 4) is 0 Å². The van der Waals surface area contributed by atoms with Crippen molar-refractivity contribution in [1.82, 2.24) is 5.32 Å². The molecule has 1 saturated heterocycles. The van der Waals surface area contributed by atoms with Gasteiger partial charge in [0.25, 0.3) is 0 Å². The first-order valence-electron chi connectivity index (χ1n) is 7.78. The van der Waals surface area contributed by atoms with E-state index in [0.29, 0.717) is 0 Å². The molecular formula is C18H19F3N2. The summed E-state index contributed by atoms with van der Waals surface area (Å²) in [6.07, 6.45) is -2.36. The Labute approximate surface area is 133 Å². The average molecular weight is 320 g/mol. The van der Waals surface area contributed by atoms with E-state index in [4.69, 9.17) is 0 Å². The zero-order valence-electron chi connectivity index (χ0n) is 12.7. The van der Waals surface area contributed by atoms with Crippen molar-refractivity contribution in [2.45, 2.75) is 25.1 Å². The predicted octanol–water partition coefficient (Wildman–Crippen LogP) is 4.60. The van der Waals surface area contributed by atoms with Crippen LogP contribution in [-0.4, -0.2) is 19.1 Å². The van der Waals surface area contributed by atoms with Gasteiger partial charge in [0.05, 0.1) is 5.56 Å². The highest BCUT2D eigenvalue weighted by atomic mass is 19.4. The second-order valence-electron chi connectivity index (χ2n) is 5.73. The van der Waals surface area contributed by atoms with E-state index in [-0.39, 0.29) is 6.04 Å². The van der Waals surface area contributed by atoms with Gasteiger partial charge in [-0.1, -0.05) is 18.2 Å². The van der Waals surface area contributed by atoms with Crippen LogP contribution in [0.5, 0.6) is 0 Å². The summed E-state index contributed by atoms with van der Waals surface area (Å²) in [6.45, 7) is 1.85. The topological polar surface area (TPSA) is 15.3 Å². The van der Waals surface area contributed by atoms with Crippen LogP contribution in [0, 0.1) is 0 Å². The van der Waals surface area contributed by atoms with Crippen LogP contribution in [0.4, 0.5) is 24.5 Å². The minimum Gasteiger partial charge on any atom is -0.338 e. The maximum Gasteiger partial charge on any atom is 0.416 e. The average Bonchev–Trinajstić information content (AvgIpc) is 2.57. The van der Waals surface area contributed by atoms with Crippen molar-refractivity contribution in [3.63, 3.8) is 0 Å². The summed E-state index contributed by atoms with van der Waals surface area (Å²) in [6, 6.07) is 15.6. The number of rotatable bonds is 3. The largest absolute Gasteiger partial charge is 0.416 e. The Bertz CT molecular complexity index is 617. The number of nitrogens with zero attached hydrogens (tertiary/aromatic N) is 1. The van der Waals surface area contributed by atoms with Gasteiger partial charge in [0.15, 0.2) is 0 Å². The number of para-hydroxylation sites is 1. The van der Waals surface area contributed by atoms with Crippen molar-refractivity contribution in [2.75, 3.05) is 18.0 Å². The fourth-order valence-corrected chi connectivity index (χ4v) is 3.04. The molecule has 122 valence electrons. The van der Waals surface area contributed by atoms with Gasteiger partial charge in [-0.15, -0.1) is 0 Å². The Balaban J connectivity index is 1.94. The molecule has 1 heterocycles. The molecule has 0 aliphatic carbocycles. The molecule has 0 bridgehead atoms. The number of nitrogens with one attached hydrogen (secondary N) is 1. The fraction of sp³-hybridized carbons (Fsp3) is 0.333.